The van der Waals surface area contributed by atoms with E-state index in [1.807, 2.05) is 0 Å². The van der Waals surface area contributed by atoms with E-state index in [0.29, 0.717) is 32.4 Å². The highest BCUT2D eigenvalue weighted by Crippen LogP contribution is 2.36. The molecule has 0 fully saturated rings. The van der Waals surface area contributed by atoms with Crippen LogP contribution in [0.3, 0.4) is 0 Å². The van der Waals surface area contributed by atoms with E-state index in [2.05, 4.69) is 15.9 Å². The standard InChI is InChI=1S/C15H12BrCl2FO2/c1-20-14-6-11(17)4-9(7-16)15(14)21-8-10-5-12(19)2-3-13(10)18/h2-6H,7-8H2,1H3. The lowest BCUT2D eigenvalue weighted by atomic mass is 10.2. The Morgan fingerprint density at radius 2 is 1.90 bits per heavy atom. The molecule has 0 aliphatic carbocycles. The largest absolute Gasteiger partial charge is 0.493 e. The van der Waals surface area contributed by atoms with Gasteiger partial charge in [-0.3, -0.25) is 0 Å². The Morgan fingerprint density at radius 1 is 1.14 bits per heavy atom. The summed E-state index contributed by atoms with van der Waals surface area (Å²) < 4.78 is 24.3. The molecular weight excluding hydrogens is 382 g/mol. The molecule has 0 spiro atoms. The molecule has 2 aromatic rings. The molecule has 0 aliphatic heterocycles. The van der Waals surface area contributed by atoms with Crippen LogP contribution in [0.2, 0.25) is 10.0 Å². The quantitative estimate of drug-likeness (QED) is 0.614. The average molecular weight is 394 g/mol. The third kappa shape index (κ3) is 4.02. The molecule has 2 nitrogen and oxygen atoms in total. The van der Waals surface area contributed by atoms with Gasteiger partial charge in [0.2, 0.25) is 0 Å². The Labute approximate surface area is 140 Å². The van der Waals surface area contributed by atoms with Crippen LogP contribution in [-0.2, 0) is 11.9 Å². The van der Waals surface area contributed by atoms with E-state index in [-0.39, 0.29) is 12.4 Å². The summed E-state index contributed by atoms with van der Waals surface area (Å²) in [6.07, 6.45) is 0. The van der Waals surface area contributed by atoms with Crippen molar-refractivity contribution in [1.82, 2.24) is 0 Å². The van der Waals surface area contributed by atoms with E-state index < -0.39 is 0 Å². The third-order valence-corrected chi connectivity index (χ3v) is 4.03. The minimum Gasteiger partial charge on any atom is -0.493 e. The second-order valence-corrected chi connectivity index (χ2v) is 5.66. The lowest BCUT2D eigenvalue weighted by Gasteiger charge is -2.15. The van der Waals surface area contributed by atoms with Crippen molar-refractivity contribution >= 4 is 39.1 Å². The van der Waals surface area contributed by atoms with Gasteiger partial charge >= 0.3 is 0 Å². The first-order chi connectivity index (χ1) is 10.0. The second-order valence-electron chi connectivity index (χ2n) is 4.25. The highest BCUT2D eigenvalue weighted by molar-refractivity contribution is 9.08. The van der Waals surface area contributed by atoms with E-state index in [1.54, 1.807) is 12.1 Å². The minimum atomic E-state index is -0.359. The second kappa shape index (κ2) is 7.34. The fourth-order valence-corrected chi connectivity index (χ4v) is 2.66. The van der Waals surface area contributed by atoms with Gasteiger partial charge in [0.15, 0.2) is 11.5 Å². The molecule has 0 unspecified atom stereocenters. The van der Waals surface area contributed by atoms with Crippen LogP contribution in [0.5, 0.6) is 11.5 Å². The Bertz CT molecular complexity index is 625. The van der Waals surface area contributed by atoms with Crippen molar-refractivity contribution < 1.29 is 13.9 Å². The molecule has 21 heavy (non-hydrogen) atoms. The van der Waals surface area contributed by atoms with Crippen LogP contribution in [0.25, 0.3) is 0 Å². The van der Waals surface area contributed by atoms with Gasteiger partial charge in [-0.25, -0.2) is 4.39 Å². The molecular formula is C15H12BrCl2FO2. The van der Waals surface area contributed by atoms with Crippen molar-refractivity contribution in [2.75, 3.05) is 7.11 Å². The van der Waals surface area contributed by atoms with Crippen molar-refractivity contribution in [3.63, 3.8) is 0 Å². The van der Waals surface area contributed by atoms with Gasteiger partial charge in [0.1, 0.15) is 12.4 Å². The summed E-state index contributed by atoms with van der Waals surface area (Å²) in [6.45, 7) is 0.134. The first kappa shape index (κ1) is 16.4. The molecule has 0 saturated carbocycles. The first-order valence-corrected chi connectivity index (χ1v) is 7.92. The summed E-state index contributed by atoms with van der Waals surface area (Å²) in [4.78, 5) is 0. The molecule has 2 aromatic carbocycles. The average Bonchev–Trinajstić information content (AvgIpc) is 2.48. The predicted molar refractivity (Wildman–Crippen MR) is 86.4 cm³/mol. The lowest BCUT2D eigenvalue weighted by Crippen LogP contribution is -2.01. The zero-order chi connectivity index (χ0) is 15.4. The summed E-state index contributed by atoms with van der Waals surface area (Å²) in [5.41, 5.74) is 1.40. The van der Waals surface area contributed by atoms with Gasteiger partial charge in [0.05, 0.1) is 7.11 Å². The lowest BCUT2D eigenvalue weighted by molar-refractivity contribution is 0.282. The summed E-state index contributed by atoms with van der Waals surface area (Å²) in [5.74, 6) is 0.713. The maximum Gasteiger partial charge on any atom is 0.165 e. The van der Waals surface area contributed by atoms with Crippen molar-refractivity contribution in [2.24, 2.45) is 0 Å². The van der Waals surface area contributed by atoms with Gasteiger partial charge in [-0.1, -0.05) is 39.1 Å². The van der Waals surface area contributed by atoms with E-state index >= 15 is 0 Å². The fourth-order valence-electron chi connectivity index (χ4n) is 1.84. The van der Waals surface area contributed by atoms with Crippen LogP contribution >= 0.6 is 39.1 Å². The molecule has 0 amide bonds. The molecule has 0 saturated heterocycles. The van der Waals surface area contributed by atoms with E-state index in [4.69, 9.17) is 32.7 Å². The third-order valence-electron chi connectivity index (χ3n) is 2.84. The monoisotopic (exact) mass is 392 g/mol. The Kier molecular flexibility index (Phi) is 5.73. The number of hydrogen-bond acceptors (Lipinski definition) is 2. The Hall–Kier alpha value is -0.970. The van der Waals surface area contributed by atoms with Gasteiger partial charge in [-0.2, -0.15) is 0 Å². The van der Waals surface area contributed by atoms with Crippen LogP contribution in [0, 0.1) is 5.82 Å². The molecule has 0 aromatic heterocycles. The van der Waals surface area contributed by atoms with Gasteiger partial charge < -0.3 is 9.47 Å². The maximum atomic E-state index is 13.3. The number of hydrogen-bond donors (Lipinski definition) is 0. The number of alkyl halides is 1. The van der Waals surface area contributed by atoms with Crippen LogP contribution in [-0.4, -0.2) is 7.11 Å². The van der Waals surface area contributed by atoms with Gasteiger partial charge in [0.25, 0.3) is 0 Å². The highest BCUT2D eigenvalue weighted by atomic mass is 79.9. The van der Waals surface area contributed by atoms with Crippen molar-refractivity contribution in [3.8, 4) is 11.5 Å². The van der Waals surface area contributed by atoms with Gasteiger partial charge in [-0.05, 0) is 24.3 Å². The molecule has 0 atom stereocenters. The van der Waals surface area contributed by atoms with E-state index in [9.17, 15) is 4.39 Å². The van der Waals surface area contributed by atoms with Gasteiger partial charge in [0, 0.05) is 32.6 Å². The zero-order valence-electron chi connectivity index (χ0n) is 11.1. The molecule has 0 aliphatic rings. The van der Waals surface area contributed by atoms with E-state index in [0.717, 1.165) is 5.56 Å². The maximum absolute atomic E-state index is 13.3. The molecule has 0 bridgehead atoms. The summed E-state index contributed by atoms with van der Waals surface area (Å²) in [7, 11) is 1.53. The van der Waals surface area contributed by atoms with Crippen molar-refractivity contribution in [3.05, 3.63) is 57.3 Å². The smallest absolute Gasteiger partial charge is 0.165 e. The number of benzene rings is 2. The summed E-state index contributed by atoms with van der Waals surface area (Å²) in [6, 6.07) is 7.59. The topological polar surface area (TPSA) is 18.5 Å². The van der Waals surface area contributed by atoms with Crippen molar-refractivity contribution in [2.45, 2.75) is 11.9 Å². The Balaban J connectivity index is 2.29. The van der Waals surface area contributed by atoms with E-state index in [1.165, 1.54) is 25.3 Å². The fraction of sp³-hybridized carbons (Fsp3) is 0.200. The van der Waals surface area contributed by atoms with Crippen LogP contribution < -0.4 is 9.47 Å². The van der Waals surface area contributed by atoms with Crippen LogP contribution in [0.1, 0.15) is 11.1 Å². The highest BCUT2D eigenvalue weighted by Gasteiger charge is 2.13. The van der Waals surface area contributed by atoms with Gasteiger partial charge in [-0.15, -0.1) is 0 Å². The molecule has 6 heteroatoms. The van der Waals surface area contributed by atoms with Crippen LogP contribution in [0.15, 0.2) is 30.3 Å². The number of rotatable bonds is 5. The molecule has 0 heterocycles. The molecule has 0 radical (unpaired) electrons. The predicted octanol–water partition coefficient (Wildman–Crippen LogP) is 5.62. The summed E-state index contributed by atoms with van der Waals surface area (Å²) >= 11 is 15.4. The Morgan fingerprint density at radius 3 is 2.57 bits per heavy atom. The molecule has 0 N–H and O–H groups in total. The van der Waals surface area contributed by atoms with Crippen LogP contribution in [0.4, 0.5) is 4.39 Å². The molecule has 112 valence electrons. The zero-order valence-corrected chi connectivity index (χ0v) is 14.2. The molecule has 2 rings (SSSR count). The normalized spacial score (nSPS) is 10.5. The SMILES string of the molecule is COc1cc(Cl)cc(CBr)c1OCc1cc(F)ccc1Cl. The number of ether oxygens (including phenoxy) is 2. The summed E-state index contributed by atoms with van der Waals surface area (Å²) in [5, 5.41) is 1.55. The minimum absolute atomic E-state index is 0.134. The first-order valence-electron chi connectivity index (χ1n) is 6.04. The number of methoxy groups -OCH3 is 1. The number of halogens is 4. The van der Waals surface area contributed by atoms with Crippen molar-refractivity contribution in [1.29, 1.82) is 0 Å².